The first kappa shape index (κ1) is 10.1. The van der Waals surface area contributed by atoms with Crippen LogP contribution < -0.4 is 4.74 Å². The number of carbonyl (C=O) groups excluding carboxylic acids is 1. The Balaban J connectivity index is 3.15. The van der Waals surface area contributed by atoms with Gasteiger partial charge in [0.05, 0.1) is 12.1 Å². The molecule has 0 spiro atoms. The molecule has 0 heterocycles. The van der Waals surface area contributed by atoms with Crippen LogP contribution in [0.1, 0.15) is 23.7 Å². The highest BCUT2D eigenvalue weighted by atomic mass is 35.5. The number of halogens is 1. The van der Waals surface area contributed by atoms with E-state index < -0.39 is 0 Å². The van der Waals surface area contributed by atoms with Crippen LogP contribution in [0.2, 0.25) is 5.02 Å². The smallest absolute Gasteiger partial charge is 0.164 e. The molecule has 0 unspecified atom stereocenters. The van der Waals surface area contributed by atoms with Gasteiger partial charge in [-0.05, 0) is 12.1 Å². The molecule has 13 heavy (non-hydrogen) atoms. The first-order valence-corrected chi connectivity index (χ1v) is 4.44. The molecule has 0 atom stereocenters. The molecule has 0 amide bonds. The molecule has 0 N–H and O–H groups in total. The minimum Gasteiger partial charge on any atom is -0.495 e. The van der Waals surface area contributed by atoms with Gasteiger partial charge in [0.25, 0.3) is 0 Å². The van der Waals surface area contributed by atoms with Crippen LogP contribution in [-0.4, -0.2) is 12.9 Å². The molecule has 0 aromatic heterocycles. The third kappa shape index (κ3) is 2.01. The summed E-state index contributed by atoms with van der Waals surface area (Å²) in [5.74, 6) is 0.574. The molecule has 0 radical (unpaired) electrons. The first-order valence-electron chi connectivity index (χ1n) is 4.06. The lowest BCUT2D eigenvalue weighted by Gasteiger charge is -2.06. The predicted octanol–water partition coefficient (Wildman–Crippen LogP) is 2.94. The van der Waals surface area contributed by atoms with Crippen molar-refractivity contribution in [3.8, 4) is 5.75 Å². The summed E-state index contributed by atoms with van der Waals surface area (Å²) in [6, 6.07) is 5.19. The zero-order valence-corrected chi connectivity index (χ0v) is 8.39. The van der Waals surface area contributed by atoms with Crippen molar-refractivity contribution >= 4 is 17.4 Å². The molecule has 0 saturated heterocycles. The van der Waals surface area contributed by atoms with Crippen LogP contribution in [0, 0.1) is 0 Å². The molecular formula is C10H11ClO2. The quantitative estimate of drug-likeness (QED) is 0.698. The lowest BCUT2D eigenvalue weighted by atomic mass is 10.1. The number of rotatable bonds is 3. The van der Waals surface area contributed by atoms with Crippen molar-refractivity contribution in [2.24, 2.45) is 0 Å². The minimum absolute atomic E-state index is 0.0314. The predicted molar refractivity (Wildman–Crippen MR) is 52.6 cm³/mol. The van der Waals surface area contributed by atoms with Crippen LogP contribution >= 0.6 is 11.6 Å². The zero-order valence-electron chi connectivity index (χ0n) is 7.63. The molecule has 1 aromatic rings. The number of ether oxygens (including phenoxy) is 1. The Bertz CT molecular complexity index is 321. The van der Waals surface area contributed by atoms with E-state index in [9.17, 15) is 4.79 Å². The molecule has 0 fully saturated rings. The lowest BCUT2D eigenvalue weighted by Crippen LogP contribution is -1.98. The summed E-state index contributed by atoms with van der Waals surface area (Å²) in [5, 5.41) is 0.400. The molecule has 2 nitrogen and oxygen atoms in total. The Morgan fingerprint density at radius 1 is 1.54 bits per heavy atom. The summed E-state index contributed by atoms with van der Waals surface area (Å²) >= 11 is 5.94. The molecule has 0 aliphatic rings. The van der Waals surface area contributed by atoms with E-state index in [1.807, 2.05) is 0 Å². The number of methoxy groups -OCH3 is 1. The van der Waals surface area contributed by atoms with Crippen molar-refractivity contribution < 1.29 is 9.53 Å². The van der Waals surface area contributed by atoms with Crippen LogP contribution in [-0.2, 0) is 0 Å². The second-order valence-corrected chi connectivity index (χ2v) is 2.98. The first-order chi connectivity index (χ1) is 6.20. The Morgan fingerprint density at radius 2 is 2.23 bits per heavy atom. The van der Waals surface area contributed by atoms with Gasteiger partial charge in [0, 0.05) is 12.0 Å². The molecule has 70 valence electrons. The van der Waals surface area contributed by atoms with Crippen molar-refractivity contribution in [1.82, 2.24) is 0 Å². The summed E-state index contributed by atoms with van der Waals surface area (Å²) < 4.78 is 5.00. The maximum absolute atomic E-state index is 11.4. The average molecular weight is 199 g/mol. The summed E-state index contributed by atoms with van der Waals surface area (Å²) in [6.07, 6.45) is 0.451. The Labute approximate surface area is 82.5 Å². The zero-order chi connectivity index (χ0) is 9.84. The third-order valence-electron chi connectivity index (χ3n) is 1.80. The fraction of sp³-hybridized carbons (Fsp3) is 0.300. The number of hydrogen-bond donors (Lipinski definition) is 0. The van der Waals surface area contributed by atoms with Gasteiger partial charge < -0.3 is 4.74 Å². The van der Waals surface area contributed by atoms with E-state index in [2.05, 4.69) is 0 Å². The topological polar surface area (TPSA) is 26.3 Å². The number of hydrogen-bond acceptors (Lipinski definition) is 2. The summed E-state index contributed by atoms with van der Waals surface area (Å²) in [4.78, 5) is 11.4. The third-order valence-corrected chi connectivity index (χ3v) is 2.19. The molecule has 1 rings (SSSR count). The fourth-order valence-corrected chi connectivity index (χ4v) is 1.38. The van der Waals surface area contributed by atoms with Crippen LogP contribution in [0.15, 0.2) is 18.2 Å². The molecular weight excluding hydrogens is 188 g/mol. The maximum atomic E-state index is 11.4. The van der Waals surface area contributed by atoms with Gasteiger partial charge in [0.1, 0.15) is 5.75 Å². The van der Waals surface area contributed by atoms with Gasteiger partial charge in [0.15, 0.2) is 5.78 Å². The van der Waals surface area contributed by atoms with E-state index in [-0.39, 0.29) is 5.78 Å². The van der Waals surface area contributed by atoms with E-state index in [1.54, 1.807) is 25.1 Å². The Morgan fingerprint density at radius 3 is 2.77 bits per heavy atom. The maximum Gasteiger partial charge on any atom is 0.164 e. The molecule has 3 heteroatoms. The molecule has 0 bridgehead atoms. The summed E-state index contributed by atoms with van der Waals surface area (Å²) in [6.45, 7) is 1.80. The van der Waals surface area contributed by atoms with E-state index in [0.29, 0.717) is 22.8 Å². The van der Waals surface area contributed by atoms with E-state index in [4.69, 9.17) is 16.3 Å². The Hall–Kier alpha value is -1.02. The van der Waals surface area contributed by atoms with Crippen LogP contribution in [0.5, 0.6) is 5.75 Å². The van der Waals surface area contributed by atoms with Crippen LogP contribution in [0.4, 0.5) is 0 Å². The van der Waals surface area contributed by atoms with Crippen LogP contribution in [0.3, 0.4) is 0 Å². The number of benzene rings is 1. The molecule has 1 aromatic carbocycles. The summed E-state index contributed by atoms with van der Waals surface area (Å²) in [7, 11) is 1.53. The van der Waals surface area contributed by atoms with Gasteiger partial charge in [-0.15, -0.1) is 0 Å². The van der Waals surface area contributed by atoms with Gasteiger partial charge >= 0.3 is 0 Å². The van der Waals surface area contributed by atoms with Gasteiger partial charge in [-0.1, -0.05) is 24.6 Å². The highest BCUT2D eigenvalue weighted by molar-refractivity contribution is 6.35. The highest BCUT2D eigenvalue weighted by Gasteiger charge is 2.11. The van der Waals surface area contributed by atoms with Crippen molar-refractivity contribution in [2.45, 2.75) is 13.3 Å². The largest absolute Gasteiger partial charge is 0.495 e. The fourth-order valence-electron chi connectivity index (χ4n) is 1.07. The average Bonchev–Trinajstić information content (AvgIpc) is 2.17. The second-order valence-electron chi connectivity index (χ2n) is 2.60. The molecule has 0 saturated carbocycles. The number of Topliss-reactive ketones (excluding diaryl/α,β-unsaturated/α-hetero) is 1. The minimum atomic E-state index is 0.0314. The van der Waals surface area contributed by atoms with Gasteiger partial charge in [0.2, 0.25) is 0 Å². The van der Waals surface area contributed by atoms with E-state index in [1.165, 1.54) is 7.11 Å². The number of ketones is 1. The van der Waals surface area contributed by atoms with Crippen molar-refractivity contribution in [3.05, 3.63) is 28.8 Å². The molecule has 0 aliphatic heterocycles. The number of carbonyl (C=O) groups is 1. The Kier molecular flexibility index (Phi) is 3.32. The van der Waals surface area contributed by atoms with Gasteiger partial charge in [-0.2, -0.15) is 0 Å². The van der Waals surface area contributed by atoms with Crippen molar-refractivity contribution in [3.63, 3.8) is 0 Å². The van der Waals surface area contributed by atoms with Gasteiger partial charge in [-0.25, -0.2) is 0 Å². The van der Waals surface area contributed by atoms with Crippen molar-refractivity contribution in [2.75, 3.05) is 7.11 Å². The SMILES string of the molecule is CCC(=O)c1cccc(OC)c1Cl. The normalized spacial score (nSPS) is 9.77. The highest BCUT2D eigenvalue weighted by Crippen LogP contribution is 2.28. The van der Waals surface area contributed by atoms with E-state index >= 15 is 0 Å². The van der Waals surface area contributed by atoms with Gasteiger partial charge in [-0.3, -0.25) is 4.79 Å². The monoisotopic (exact) mass is 198 g/mol. The summed E-state index contributed by atoms with van der Waals surface area (Å²) in [5.41, 5.74) is 0.531. The van der Waals surface area contributed by atoms with Crippen molar-refractivity contribution in [1.29, 1.82) is 0 Å². The molecule has 0 aliphatic carbocycles. The standard InChI is InChI=1S/C10H11ClO2/c1-3-8(12)7-5-4-6-9(13-2)10(7)11/h4-6H,3H2,1-2H3. The van der Waals surface area contributed by atoms with Crippen LogP contribution in [0.25, 0.3) is 0 Å². The lowest BCUT2D eigenvalue weighted by molar-refractivity contribution is 0.0988. The second kappa shape index (κ2) is 4.28. The van der Waals surface area contributed by atoms with E-state index in [0.717, 1.165) is 0 Å².